The third-order valence-corrected chi connectivity index (χ3v) is 6.21. The monoisotopic (exact) mass is 310 g/mol. The molecule has 0 radical (unpaired) electrons. The predicted molar refractivity (Wildman–Crippen MR) is 83.7 cm³/mol. The van der Waals surface area contributed by atoms with E-state index in [1.165, 1.54) is 11.3 Å². The summed E-state index contributed by atoms with van der Waals surface area (Å²) in [7, 11) is -3.55. The third-order valence-electron chi connectivity index (χ3n) is 3.03. The largest absolute Gasteiger partial charge is 0.340 e. The van der Waals surface area contributed by atoms with Gasteiger partial charge < -0.3 is 4.89 Å². The molecule has 0 saturated carbocycles. The second-order valence-corrected chi connectivity index (χ2v) is 7.74. The fourth-order valence-corrected chi connectivity index (χ4v) is 4.78. The van der Waals surface area contributed by atoms with Gasteiger partial charge in [-0.3, -0.25) is 9.88 Å². The van der Waals surface area contributed by atoms with E-state index in [-0.39, 0.29) is 0 Å². The van der Waals surface area contributed by atoms with Crippen molar-refractivity contribution in [3.05, 3.63) is 46.9 Å². The molecule has 0 spiro atoms. The second-order valence-electron chi connectivity index (χ2n) is 4.54. The van der Waals surface area contributed by atoms with Crippen LogP contribution in [0, 0.1) is 0 Å². The standard InChI is InChI=1S/C14H19N2O2PS/c1-2-3-9-15-13(14-16-10-11-20-14)19(17,18)12-7-5-4-6-8-12/h4-8,10-11,13,15H,2-3,9H2,1H3,(H,17,18). The molecule has 6 heteroatoms. The van der Waals surface area contributed by atoms with Crippen molar-refractivity contribution in [1.82, 2.24) is 10.3 Å². The molecule has 0 aliphatic rings. The SMILES string of the molecule is CCCCNC(c1nccs1)P(=O)(O)c1ccccc1. The van der Waals surface area contributed by atoms with Crippen LogP contribution in [0.2, 0.25) is 0 Å². The lowest BCUT2D eigenvalue weighted by molar-refractivity contribution is 0.458. The molecule has 0 aliphatic heterocycles. The number of thiazole rings is 1. The number of rotatable bonds is 7. The first-order valence-corrected chi connectivity index (χ1v) is 9.28. The Kier molecular flexibility index (Phi) is 5.49. The summed E-state index contributed by atoms with van der Waals surface area (Å²) in [6, 6.07) is 8.80. The van der Waals surface area contributed by atoms with Crippen molar-refractivity contribution >= 4 is 24.0 Å². The zero-order valence-electron chi connectivity index (χ0n) is 11.4. The highest BCUT2D eigenvalue weighted by Gasteiger charge is 2.35. The van der Waals surface area contributed by atoms with Crippen molar-refractivity contribution in [3.8, 4) is 0 Å². The van der Waals surface area contributed by atoms with Crippen LogP contribution in [0.1, 0.15) is 30.6 Å². The Labute approximate surface area is 123 Å². The summed E-state index contributed by atoms with van der Waals surface area (Å²) < 4.78 is 12.9. The number of unbranched alkanes of at least 4 members (excludes halogenated alkanes) is 1. The number of hydrogen-bond acceptors (Lipinski definition) is 4. The molecule has 0 amide bonds. The molecule has 2 atom stereocenters. The molecule has 0 bridgehead atoms. The number of hydrogen-bond donors (Lipinski definition) is 2. The van der Waals surface area contributed by atoms with E-state index in [1.807, 2.05) is 11.4 Å². The molecule has 4 nitrogen and oxygen atoms in total. The van der Waals surface area contributed by atoms with E-state index < -0.39 is 13.2 Å². The van der Waals surface area contributed by atoms with Crippen molar-refractivity contribution in [2.75, 3.05) is 6.54 Å². The summed E-state index contributed by atoms with van der Waals surface area (Å²) >= 11 is 1.40. The van der Waals surface area contributed by atoms with Crippen LogP contribution in [0.5, 0.6) is 0 Å². The first kappa shape index (κ1) is 15.4. The van der Waals surface area contributed by atoms with Crippen LogP contribution >= 0.6 is 18.7 Å². The van der Waals surface area contributed by atoms with Gasteiger partial charge in [-0.25, -0.2) is 4.98 Å². The molecular weight excluding hydrogens is 291 g/mol. The molecule has 1 aromatic carbocycles. The van der Waals surface area contributed by atoms with Crippen LogP contribution in [0.4, 0.5) is 0 Å². The Morgan fingerprint density at radius 3 is 2.75 bits per heavy atom. The second kappa shape index (κ2) is 7.14. The molecule has 20 heavy (non-hydrogen) atoms. The van der Waals surface area contributed by atoms with Gasteiger partial charge in [0.25, 0.3) is 7.37 Å². The molecule has 1 heterocycles. The van der Waals surface area contributed by atoms with Gasteiger partial charge in [0.1, 0.15) is 10.8 Å². The van der Waals surface area contributed by atoms with Crippen LogP contribution in [0.15, 0.2) is 41.9 Å². The topological polar surface area (TPSA) is 62.2 Å². The molecule has 2 aromatic rings. The predicted octanol–water partition coefficient (Wildman–Crippen LogP) is 3.13. The van der Waals surface area contributed by atoms with Gasteiger partial charge in [0.2, 0.25) is 0 Å². The van der Waals surface area contributed by atoms with Crippen LogP contribution in [0.3, 0.4) is 0 Å². The minimum absolute atomic E-state index is 0.462. The molecule has 0 fully saturated rings. The Morgan fingerprint density at radius 2 is 2.15 bits per heavy atom. The van der Waals surface area contributed by atoms with Gasteiger partial charge in [-0.2, -0.15) is 0 Å². The lowest BCUT2D eigenvalue weighted by Gasteiger charge is -2.22. The zero-order chi connectivity index (χ0) is 14.4. The van der Waals surface area contributed by atoms with Gasteiger partial charge >= 0.3 is 0 Å². The Hall–Kier alpha value is -1.00. The van der Waals surface area contributed by atoms with Crippen LogP contribution < -0.4 is 10.6 Å². The average Bonchev–Trinajstić information content (AvgIpc) is 2.98. The maximum absolute atomic E-state index is 12.9. The minimum atomic E-state index is -3.55. The van der Waals surface area contributed by atoms with Gasteiger partial charge in [0.05, 0.1) is 0 Å². The van der Waals surface area contributed by atoms with E-state index >= 15 is 0 Å². The van der Waals surface area contributed by atoms with Crippen molar-refractivity contribution < 1.29 is 9.46 Å². The summed E-state index contributed by atoms with van der Waals surface area (Å²) in [4.78, 5) is 14.8. The van der Waals surface area contributed by atoms with Crippen molar-refractivity contribution in [2.24, 2.45) is 0 Å². The van der Waals surface area contributed by atoms with Crippen LogP contribution in [-0.2, 0) is 4.57 Å². The quantitative estimate of drug-likeness (QED) is 0.609. The lowest BCUT2D eigenvalue weighted by atomic mass is 10.3. The maximum Gasteiger partial charge on any atom is 0.252 e. The van der Waals surface area contributed by atoms with Gasteiger partial charge in [-0.15, -0.1) is 11.3 Å². The van der Waals surface area contributed by atoms with Crippen molar-refractivity contribution in [1.29, 1.82) is 0 Å². The fraction of sp³-hybridized carbons (Fsp3) is 0.357. The van der Waals surface area contributed by atoms with Gasteiger partial charge in [0.15, 0.2) is 0 Å². The highest BCUT2D eigenvalue weighted by Crippen LogP contribution is 2.53. The average molecular weight is 310 g/mol. The smallest absolute Gasteiger partial charge is 0.252 e. The number of nitrogens with zero attached hydrogens (tertiary/aromatic N) is 1. The Balaban J connectivity index is 2.28. The van der Waals surface area contributed by atoms with Crippen molar-refractivity contribution in [2.45, 2.75) is 25.5 Å². The lowest BCUT2D eigenvalue weighted by Crippen LogP contribution is -2.26. The summed E-state index contributed by atoms with van der Waals surface area (Å²) in [6.07, 6.45) is 3.68. The molecule has 2 unspecified atom stereocenters. The molecule has 108 valence electrons. The number of nitrogens with one attached hydrogen (secondary N) is 1. The molecule has 0 saturated heterocycles. The molecule has 0 aliphatic carbocycles. The van der Waals surface area contributed by atoms with E-state index in [0.717, 1.165) is 12.8 Å². The Morgan fingerprint density at radius 1 is 1.40 bits per heavy atom. The van der Waals surface area contributed by atoms with E-state index in [1.54, 1.807) is 30.5 Å². The third kappa shape index (κ3) is 3.55. The van der Waals surface area contributed by atoms with E-state index in [2.05, 4.69) is 17.2 Å². The molecule has 2 N–H and O–H groups in total. The fourth-order valence-electron chi connectivity index (χ4n) is 1.94. The van der Waals surface area contributed by atoms with Gasteiger partial charge in [-0.05, 0) is 25.1 Å². The highest BCUT2D eigenvalue weighted by molar-refractivity contribution is 7.66. The summed E-state index contributed by atoms with van der Waals surface area (Å²) in [5.41, 5.74) is 0. The molecular formula is C14H19N2O2PS. The van der Waals surface area contributed by atoms with Gasteiger partial charge in [0, 0.05) is 16.9 Å². The molecule has 2 rings (SSSR count). The van der Waals surface area contributed by atoms with Crippen LogP contribution in [0.25, 0.3) is 0 Å². The van der Waals surface area contributed by atoms with Crippen LogP contribution in [-0.4, -0.2) is 16.4 Å². The molecule has 1 aromatic heterocycles. The normalized spacial score (nSPS) is 15.7. The van der Waals surface area contributed by atoms with E-state index in [9.17, 15) is 9.46 Å². The Bertz CT molecular complexity index is 560. The maximum atomic E-state index is 12.9. The number of aromatic nitrogens is 1. The summed E-state index contributed by atoms with van der Waals surface area (Å²) in [5, 5.41) is 6.15. The first-order valence-electron chi connectivity index (χ1n) is 6.67. The highest BCUT2D eigenvalue weighted by atomic mass is 32.1. The van der Waals surface area contributed by atoms with E-state index in [4.69, 9.17) is 0 Å². The summed E-state index contributed by atoms with van der Waals surface area (Å²) in [5.74, 6) is -0.628. The minimum Gasteiger partial charge on any atom is -0.340 e. The van der Waals surface area contributed by atoms with E-state index in [0.29, 0.717) is 16.9 Å². The number of benzene rings is 1. The summed E-state index contributed by atoms with van der Waals surface area (Å²) in [6.45, 7) is 2.80. The first-order chi connectivity index (χ1) is 9.66. The van der Waals surface area contributed by atoms with Gasteiger partial charge in [-0.1, -0.05) is 31.5 Å². The van der Waals surface area contributed by atoms with Crippen molar-refractivity contribution in [3.63, 3.8) is 0 Å². The zero-order valence-corrected chi connectivity index (χ0v) is 13.1.